The van der Waals surface area contributed by atoms with E-state index >= 15 is 0 Å². The van der Waals surface area contributed by atoms with Gasteiger partial charge in [0.1, 0.15) is 5.75 Å². The van der Waals surface area contributed by atoms with Crippen LogP contribution in [0.2, 0.25) is 0 Å². The number of hydrogen-bond acceptors (Lipinski definition) is 5. The Morgan fingerprint density at radius 1 is 1.19 bits per heavy atom. The first-order chi connectivity index (χ1) is 13.0. The molecule has 7 heteroatoms. The molecule has 6 nitrogen and oxygen atoms in total. The Labute approximate surface area is 167 Å². The van der Waals surface area contributed by atoms with Crippen molar-refractivity contribution in [1.29, 1.82) is 0 Å². The molecule has 2 rings (SSSR count). The number of ether oxygens (including phenoxy) is 3. The number of amides is 1. The molecule has 0 radical (unpaired) electrons. The molecule has 0 heterocycles. The van der Waals surface area contributed by atoms with Crippen molar-refractivity contribution in [3.8, 4) is 17.2 Å². The number of carbonyl (C=O) groups excluding carboxylic acids is 1. The van der Waals surface area contributed by atoms with Crippen molar-refractivity contribution in [3.63, 3.8) is 0 Å². The van der Waals surface area contributed by atoms with Gasteiger partial charge < -0.3 is 14.2 Å². The van der Waals surface area contributed by atoms with Crippen molar-refractivity contribution in [2.24, 2.45) is 5.10 Å². The summed E-state index contributed by atoms with van der Waals surface area (Å²) in [5.41, 5.74) is 4.31. The minimum atomic E-state index is -0.368. The van der Waals surface area contributed by atoms with Crippen molar-refractivity contribution in [3.05, 3.63) is 52.0 Å². The molecule has 0 atom stereocenters. The van der Waals surface area contributed by atoms with Crippen LogP contribution in [0.4, 0.5) is 0 Å². The topological polar surface area (TPSA) is 69.2 Å². The van der Waals surface area contributed by atoms with Crippen molar-refractivity contribution in [2.75, 3.05) is 20.8 Å². The van der Waals surface area contributed by atoms with Gasteiger partial charge in [0, 0.05) is 5.56 Å². The molecule has 1 N–H and O–H groups in total. The summed E-state index contributed by atoms with van der Waals surface area (Å²) >= 11 is 3.47. The van der Waals surface area contributed by atoms with E-state index in [0.29, 0.717) is 28.7 Å². The summed E-state index contributed by atoms with van der Waals surface area (Å²) in [6.45, 7) is 4.09. The van der Waals surface area contributed by atoms with E-state index in [-0.39, 0.29) is 12.5 Å². The van der Waals surface area contributed by atoms with Gasteiger partial charge in [0.2, 0.25) is 0 Å². The number of carbonyl (C=O) groups is 1. The van der Waals surface area contributed by atoms with Crippen LogP contribution in [0.1, 0.15) is 30.9 Å². The third-order valence-electron chi connectivity index (χ3n) is 3.81. The number of para-hydroxylation sites is 1. The fourth-order valence-electron chi connectivity index (χ4n) is 2.36. The minimum absolute atomic E-state index is 0.147. The summed E-state index contributed by atoms with van der Waals surface area (Å²) in [4.78, 5) is 11.9. The van der Waals surface area contributed by atoms with Gasteiger partial charge in [0.25, 0.3) is 5.91 Å². The summed E-state index contributed by atoms with van der Waals surface area (Å²) in [6, 6.07) is 11.2. The molecule has 27 heavy (non-hydrogen) atoms. The number of rotatable bonds is 8. The Morgan fingerprint density at radius 3 is 2.59 bits per heavy atom. The number of methoxy groups -OCH3 is 2. The molecule has 0 saturated heterocycles. The number of halogens is 1. The van der Waals surface area contributed by atoms with Gasteiger partial charge in [0.15, 0.2) is 18.1 Å². The van der Waals surface area contributed by atoms with E-state index in [4.69, 9.17) is 14.2 Å². The summed E-state index contributed by atoms with van der Waals surface area (Å²) < 4.78 is 16.9. The Bertz CT molecular complexity index is 822. The zero-order chi connectivity index (χ0) is 19.8. The number of hydrazone groups is 1. The zero-order valence-electron chi connectivity index (χ0n) is 15.8. The standard InChI is InChI=1S/C20H23BrN2O4/c1-13(2)14-8-9-17(16(21)10-14)27-12-19(24)23-22-11-15-6-5-7-18(25-3)20(15)26-4/h5-11,13H,12H2,1-4H3,(H,23,24)/b22-11+. The first-order valence-electron chi connectivity index (χ1n) is 8.41. The maximum atomic E-state index is 11.9. The third-order valence-corrected chi connectivity index (χ3v) is 4.43. The average molecular weight is 435 g/mol. The molecule has 0 bridgehead atoms. The lowest BCUT2D eigenvalue weighted by Gasteiger charge is -2.11. The molecule has 1 amide bonds. The summed E-state index contributed by atoms with van der Waals surface area (Å²) in [7, 11) is 3.10. The first-order valence-corrected chi connectivity index (χ1v) is 9.20. The van der Waals surface area contributed by atoms with E-state index in [0.717, 1.165) is 4.47 Å². The molecule has 0 fully saturated rings. The van der Waals surface area contributed by atoms with Crippen LogP contribution in [0.15, 0.2) is 46.0 Å². The second kappa shape index (κ2) is 9.97. The highest BCUT2D eigenvalue weighted by molar-refractivity contribution is 9.10. The molecule has 144 valence electrons. The monoisotopic (exact) mass is 434 g/mol. The van der Waals surface area contributed by atoms with Gasteiger partial charge in [0.05, 0.1) is 24.9 Å². The summed E-state index contributed by atoms with van der Waals surface area (Å²) in [5, 5.41) is 3.95. The highest BCUT2D eigenvalue weighted by atomic mass is 79.9. The van der Waals surface area contributed by atoms with Crippen LogP contribution in [0.5, 0.6) is 17.2 Å². The number of benzene rings is 2. The molecule has 2 aromatic rings. The van der Waals surface area contributed by atoms with E-state index in [2.05, 4.69) is 40.3 Å². The predicted octanol–water partition coefficient (Wildman–Crippen LogP) is 4.12. The third kappa shape index (κ3) is 5.72. The molecule has 0 spiro atoms. The van der Waals surface area contributed by atoms with Gasteiger partial charge in [-0.1, -0.05) is 26.0 Å². The Balaban J connectivity index is 1.93. The summed E-state index contributed by atoms with van der Waals surface area (Å²) in [5.74, 6) is 1.79. The molecule has 0 aromatic heterocycles. The molecule has 0 aliphatic carbocycles. The predicted molar refractivity (Wildman–Crippen MR) is 109 cm³/mol. The molecular weight excluding hydrogens is 412 g/mol. The highest BCUT2D eigenvalue weighted by Gasteiger charge is 2.09. The quantitative estimate of drug-likeness (QED) is 0.501. The molecular formula is C20H23BrN2O4. The zero-order valence-corrected chi connectivity index (χ0v) is 17.4. The number of nitrogens with zero attached hydrogens (tertiary/aromatic N) is 1. The second-order valence-corrected chi connectivity index (χ2v) is 6.86. The highest BCUT2D eigenvalue weighted by Crippen LogP contribution is 2.30. The Hall–Kier alpha value is -2.54. The fourth-order valence-corrected chi connectivity index (χ4v) is 2.87. The van der Waals surface area contributed by atoms with Gasteiger partial charge in [-0.05, 0) is 51.7 Å². The van der Waals surface area contributed by atoms with E-state index in [1.165, 1.54) is 11.8 Å². The van der Waals surface area contributed by atoms with E-state index in [9.17, 15) is 4.79 Å². The lowest BCUT2D eigenvalue weighted by Crippen LogP contribution is -2.24. The smallest absolute Gasteiger partial charge is 0.277 e. The van der Waals surface area contributed by atoms with E-state index < -0.39 is 0 Å². The molecule has 0 unspecified atom stereocenters. The lowest BCUT2D eigenvalue weighted by molar-refractivity contribution is -0.123. The summed E-state index contributed by atoms with van der Waals surface area (Å²) in [6.07, 6.45) is 1.49. The van der Waals surface area contributed by atoms with Crippen molar-refractivity contribution >= 4 is 28.1 Å². The van der Waals surface area contributed by atoms with Crippen molar-refractivity contribution in [2.45, 2.75) is 19.8 Å². The Kier molecular flexibility index (Phi) is 7.67. The molecule has 2 aromatic carbocycles. The maximum Gasteiger partial charge on any atom is 0.277 e. The van der Waals surface area contributed by atoms with Crippen molar-refractivity contribution in [1.82, 2.24) is 5.43 Å². The van der Waals surface area contributed by atoms with Crippen LogP contribution in [0.3, 0.4) is 0 Å². The van der Waals surface area contributed by atoms with Crippen LogP contribution in [0, 0.1) is 0 Å². The first kappa shape index (κ1) is 20.8. The van der Waals surface area contributed by atoms with Gasteiger partial charge in [-0.3, -0.25) is 4.79 Å². The molecule has 0 aliphatic heterocycles. The molecule has 0 saturated carbocycles. The minimum Gasteiger partial charge on any atom is -0.493 e. The SMILES string of the molecule is COc1cccc(/C=N/NC(=O)COc2ccc(C(C)C)cc2Br)c1OC. The lowest BCUT2D eigenvalue weighted by atomic mass is 10.0. The van der Waals surface area contributed by atoms with Crippen LogP contribution in [0.25, 0.3) is 0 Å². The number of nitrogens with one attached hydrogen (secondary N) is 1. The van der Waals surface area contributed by atoms with Crippen LogP contribution >= 0.6 is 15.9 Å². The Morgan fingerprint density at radius 2 is 1.96 bits per heavy atom. The maximum absolute atomic E-state index is 11.9. The van der Waals surface area contributed by atoms with Gasteiger partial charge >= 0.3 is 0 Å². The van der Waals surface area contributed by atoms with Crippen LogP contribution in [-0.2, 0) is 4.79 Å². The van der Waals surface area contributed by atoms with Gasteiger partial charge in [-0.15, -0.1) is 0 Å². The van der Waals surface area contributed by atoms with E-state index in [1.54, 1.807) is 26.4 Å². The fraction of sp³-hybridized carbons (Fsp3) is 0.300. The number of hydrogen-bond donors (Lipinski definition) is 1. The average Bonchev–Trinajstić information content (AvgIpc) is 2.66. The van der Waals surface area contributed by atoms with Crippen LogP contribution in [-0.4, -0.2) is 32.9 Å². The normalized spacial score (nSPS) is 10.9. The largest absolute Gasteiger partial charge is 0.493 e. The van der Waals surface area contributed by atoms with Gasteiger partial charge in [-0.2, -0.15) is 5.10 Å². The molecule has 0 aliphatic rings. The van der Waals surface area contributed by atoms with Crippen molar-refractivity contribution < 1.29 is 19.0 Å². The van der Waals surface area contributed by atoms with Crippen LogP contribution < -0.4 is 19.6 Å². The second-order valence-electron chi connectivity index (χ2n) is 6.01. The van der Waals surface area contributed by atoms with E-state index in [1.807, 2.05) is 24.3 Å². The van der Waals surface area contributed by atoms with Gasteiger partial charge in [-0.25, -0.2) is 5.43 Å².